The van der Waals surface area contributed by atoms with E-state index in [1.54, 1.807) is 30.3 Å². The van der Waals surface area contributed by atoms with Crippen molar-refractivity contribution in [2.24, 2.45) is 5.84 Å². The van der Waals surface area contributed by atoms with Gasteiger partial charge in [-0.05, 0) is 47.9 Å². The van der Waals surface area contributed by atoms with Gasteiger partial charge in [-0.3, -0.25) is 11.3 Å². The van der Waals surface area contributed by atoms with Gasteiger partial charge >= 0.3 is 0 Å². The van der Waals surface area contributed by atoms with Crippen LogP contribution in [0.15, 0.2) is 40.9 Å². The van der Waals surface area contributed by atoms with Gasteiger partial charge in [-0.2, -0.15) is 0 Å². The fraction of sp³-hybridized carbons (Fsp3) is 0.143. The van der Waals surface area contributed by atoms with Gasteiger partial charge in [-0.25, -0.2) is 4.39 Å². The maximum absolute atomic E-state index is 13.9. The van der Waals surface area contributed by atoms with Crippen molar-refractivity contribution in [2.45, 2.75) is 12.5 Å². The summed E-state index contributed by atoms with van der Waals surface area (Å²) in [6.45, 7) is 0. The lowest BCUT2D eigenvalue weighted by Crippen LogP contribution is -2.30. The van der Waals surface area contributed by atoms with E-state index in [4.69, 9.17) is 29.0 Å². The number of halogens is 4. The van der Waals surface area contributed by atoms with E-state index in [2.05, 4.69) is 21.4 Å². The van der Waals surface area contributed by atoms with Crippen molar-refractivity contribution in [1.82, 2.24) is 5.43 Å². The van der Waals surface area contributed by atoms with Crippen LogP contribution in [-0.2, 0) is 6.42 Å². The standard InChI is InChI=1S/C14H12BrCl2FN2/c15-9-2-1-8(13(18)6-9)5-14(20-19)11-7-10(16)3-4-12(11)17/h1-4,6-7,14,20H,5,19H2. The van der Waals surface area contributed by atoms with Crippen LogP contribution < -0.4 is 11.3 Å². The quantitative estimate of drug-likeness (QED) is 0.601. The van der Waals surface area contributed by atoms with Crippen molar-refractivity contribution in [1.29, 1.82) is 0 Å². The third-order valence-electron chi connectivity index (χ3n) is 2.97. The van der Waals surface area contributed by atoms with E-state index in [9.17, 15) is 4.39 Å². The molecule has 0 radical (unpaired) electrons. The molecule has 2 rings (SSSR count). The average molecular weight is 378 g/mol. The van der Waals surface area contributed by atoms with E-state index in [0.29, 0.717) is 26.5 Å². The predicted octanol–water partition coefficient (Wildman–Crippen LogP) is 4.64. The second kappa shape index (κ2) is 6.87. The highest BCUT2D eigenvalue weighted by molar-refractivity contribution is 9.10. The maximum atomic E-state index is 13.9. The second-order valence-electron chi connectivity index (χ2n) is 4.32. The predicted molar refractivity (Wildman–Crippen MR) is 84.3 cm³/mol. The zero-order valence-electron chi connectivity index (χ0n) is 10.3. The summed E-state index contributed by atoms with van der Waals surface area (Å²) in [4.78, 5) is 0. The van der Waals surface area contributed by atoms with Crippen LogP contribution in [-0.4, -0.2) is 0 Å². The van der Waals surface area contributed by atoms with Crippen molar-refractivity contribution in [3.63, 3.8) is 0 Å². The van der Waals surface area contributed by atoms with E-state index in [0.717, 1.165) is 5.56 Å². The lowest BCUT2D eigenvalue weighted by atomic mass is 9.99. The van der Waals surface area contributed by atoms with Gasteiger partial charge in [-0.15, -0.1) is 0 Å². The molecular weight excluding hydrogens is 366 g/mol. The van der Waals surface area contributed by atoms with Crippen LogP contribution in [0.2, 0.25) is 10.0 Å². The molecule has 0 aromatic heterocycles. The molecule has 106 valence electrons. The normalized spacial score (nSPS) is 12.4. The number of nitrogens with two attached hydrogens (primary N) is 1. The summed E-state index contributed by atoms with van der Waals surface area (Å²) in [5.74, 6) is 5.27. The fourth-order valence-electron chi connectivity index (χ4n) is 1.95. The minimum atomic E-state index is -0.322. The van der Waals surface area contributed by atoms with E-state index in [1.807, 2.05) is 0 Å². The third-order valence-corrected chi connectivity index (χ3v) is 4.05. The van der Waals surface area contributed by atoms with Gasteiger partial charge < -0.3 is 0 Å². The van der Waals surface area contributed by atoms with Crippen LogP contribution in [0.3, 0.4) is 0 Å². The lowest BCUT2D eigenvalue weighted by molar-refractivity contribution is 0.529. The number of rotatable bonds is 4. The van der Waals surface area contributed by atoms with E-state index < -0.39 is 0 Å². The Morgan fingerprint density at radius 3 is 2.60 bits per heavy atom. The van der Waals surface area contributed by atoms with Crippen molar-refractivity contribution in [2.75, 3.05) is 0 Å². The Morgan fingerprint density at radius 1 is 1.20 bits per heavy atom. The summed E-state index contributed by atoms with van der Waals surface area (Å²) < 4.78 is 14.6. The highest BCUT2D eigenvalue weighted by Crippen LogP contribution is 2.29. The first kappa shape index (κ1) is 15.7. The third kappa shape index (κ3) is 3.71. The molecule has 0 heterocycles. The molecule has 2 nitrogen and oxygen atoms in total. The summed E-state index contributed by atoms with van der Waals surface area (Å²) >= 11 is 15.3. The molecular formula is C14H12BrCl2FN2. The summed E-state index contributed by atoms with van der Waals surface area (Å²) in [6.07, 6.45) is 0.371. The van der Waals surface area contributed by atoms with Crippen LogP contribution in [0.1, 0.15) is 17.2 Å². The van der Waals surface area contributed by atoms with E-state index in [-0.39, 0.29) is 11.9 Å². The Morgan fingerprint density at radius 2 is 1.95 bits per heavy atom. The smallest absolute Gasteiger partial charge is 0.127 e. The molecule has 2 aromatic carbocycles. The lowest BCUT2D eigenvalue weighted by Gasteiger charge is -2.18. The minimum Gasteiger partial charge on any atom is -0.271 e. The van der Waals surface area contributed by atoms with Gasteiger partial charge in [-0.1, -0.05) is 45.2 Å². The molecule has 2 aromatic rings. The van der Waals surface area contributed by atoms with Crippen molar-refractivity contribution in [3.05, 3.63) is 67.9 Å². The first-order valence-corrected chi connectivity index (χ1v) is 7.41. The molecule has 0 fully saturated rings. The first-order chi connectivity index (χ1) is 9.51. The molecule has 0 bridgehead atoms. The molecule has 0 aliphatic carbocycles. The maximum Gasteiger partial charge on any atom is 0.127 e. The first-order valence-electron chi connectivity index (χ1n) is 5.86. The Hall–Kier alpha value is -0.650. The molecule has 0 saturated heterocycles. The molecule has 3 N–H and O–H groups in total. The number of nitrogens with one attached hydrogen (secondary N) is 1. The van der Waals surface area contributed by atoms with Crippen LogP contribution in [0.4, 0.5) is 4.39 Å². The number of hydrogen-bond donors (Lipinski definition) is 2. The molecule has 0 amide bonds. The zero-order valence-corrected chi connectivity index (χ0v) is 13.4. The summed E-state index contributed by atoms with van der Waals surface area (Å²) in [6, 6.07) is 9.71. The van der Waals surface area contributed by atoms with Gasteiger partial charge in [0.05, 0.1) is 6.04 Å². The second-order valence-corrected chi connectivity index (χ2v) is 6.08. The Labute approximate surface area is 135 Å². The highest BCUT2D eigenvalue weighted by Gasteiger charge is 2.16. The Bertz CT molecular complexity index is 622. The SMILES string of the molecule is NNC(Cc1ccc(Br)cc1F)c1cc(Cl)ccc1Cl. The summed E-state index contributed by atoms with van der Waals surface area (Å²) in [5, 5.41) is 1.09. The molecule has 1 atom stereocenters. The van der Waals surface area contributed by atoms with Gasteiger partial charge in [0.2, 0.25) is 0 Å². The topological polar surface area (TPSA) is 38.0 Å². The van der Waals surface area contributed by atoms with Crippen molar-refractivity contribution in [3.8, 4) is 0 Å². The number of benzene rings is 2. The molecule has 0 aliphatic rings. The van der Waals surface area contributed by atoms with Crippen LogP contribution >= 0.6 is 39.1 Å². The average Bonchev–Trinajstić information content (AvgIpc) is 2.41. The molecule has 0 aliphatic heterocycles. The monoisotopic (exact) mass is 376 g/mol. The summed E-state index contributed by atoms with van der Waals surface area (Å²) in [7, 11) is 0. The minimum absolute atomic E-state index is 0.294. The molecule has 0 spiro atoms. The van der Waals surface area contributed by atoms with Gasteiger partial charge in [0.15, 0.2) is 0 Å². The fourth-order valence-corrected chi connectivity index (χ4v) is 2.71. The zero-order chi connectivity index (χ0) is 14.7. The van der Waals surface area contributed by atoms with Gasteiger partial charge in [0, 0.05) is 14.5 Å². The van der Waals surface area contributed by atoms with E-state index >= 15 is 0 Å². The number of hydrazine groups is 1. The van der Waals surface area contributed by atoms with Crippen LogP contribution in [0.25, 0.3) is 0 Å². The van der Waals surface area contributed by atoms with Crippen molar-refractivity contribution < 1.29 is 4.39 Å². The molecule has 1 unspecified atom stereocenters. The largest absolute Gasteiger partial charge is 0.271 e. The van der Waals surface area contributed by atoms with Gasteiger partial charge in [0.1, 0.15) is 5.82 Å². The van der Waals surface area contributed by atoms with Crippen LogP contribution in [0, 0.1) is 5.82 Å². The molecule has 20 heavy (non-hydrogen) atoms. The van der Waals surface area contributed by atoms with E-state index in [1.165, 1.54) is 6.07 Å². The Kier molecular flexibility index (Phi) is 5.41. The summed E-state index contributed by atoms with van der Waals surface area (Å²) in [5.41, 5.74) is 3.94. The Balaban J connectivity index is 2.31. The number of hydrogen-bond acceptors (Lipinski definition) is 2. The van der Waals surface area contributed by atoms with Crippen molar-refractivity contribution >= 4 is 39.1 Å². The van der Waals surface area contributed by atoms with Crippen LogP contribution in [0.5, 0.6) is 0 Å². The molecule has 0 saturated carbocycles. The molecule has 6 heteroatoms. The highest BCUT2D eigenvalue weighted by atomic mass is 79.9. The van der Waals surface area contributed by atoms with Gasteiger partial charge in [0.25, 0.3) is 0 Å².